The molecule has 0 aliphatic rings. The average Bonchev–Trinajstić information content (AvgIpc) is 2.75. The number of H-pyrrole nitrogens is 1. The van der Waals surface area contributed by atoms with Crippen molar-refractivity contribution in [2.24, 2.45) is 0 Å². The molecule has 2 aromatic heterocycles. The molecule has 0 atom stereocenters. The fourth-order valence-corrected chi connectivity index (χ4v) is 2.32. The lowest BCUT2D eigenvalue weighted by atomic mass is 10.2. The second kappa shape index (κ2) is 5.97. The molecule has 2 N–H and O–H groups in total. The van der Waals surface area contributed by atoms with E-state index in [1.165, 1.54) is 17.3 Å². The largest absolute Gasteiger partial charge is 0.313 e. The number of pyridine rings is 1. The molecule has 0 bridgehead atoms. The second-order valence-corrected chi connectivity index (χ2v) is 5.01. The SMILES string of the molecule is CCNCc1cnc(Sc2n[nH]c(C)n2)c(C)c1. The van der Waals surface area contributed by atoms with Gasteiger partial charge in [0.05, 0.1) is 0 Å². The van der Waals surface area contributed by atoms with Crippen molar-refractivity contribution in [2.75, 3.05) is 6.54 Å². The molecule has 0 spiro atoms. The maximum Gasteiger partial charge on any atom is 0.214 e. The van der Waals surface area contributed by atoms with Crippen LogP contribution in [0.3, 0.4) is 0 Å². The van der Waals surface area contributed by atoms with E-state index < -0.39 is 0 Å². The predicted octanol–water partition coefficient (Wildman–Crippen LogP) is 2.08. The Balaban J connectivity index is 2.09. The lowest BCUT2D eigenvalue weighted by Gasteiger charge is -2.06. The number of rotatable bonds is 5. The van der Waals surface area contributed by atoms with Gasteiger partial charge in [0, 0.05) is 12.7 Å². The van der Waals surface area contributed by atoms with E-state index in [9.17, 15) is 0 Å². The maximum atomic E-state index is 4.46. The van der Waals surface area contributed by atoms with Crippen molar-refractivity contribution in [2.45, 2.75) is 37.5 Å². The molecule has 0 aliphatic heterocycles. The van der Waals surface area contributed by atoms with Gasteiger partial charge in [0.25, 0.3) is 0 Å². The molecule has 0 saturated carbocycles. The van der Waals surface area contributed by atoms with Gasteiger partial charge in [-0.3, -0.25) is 5.10 Å². The van der Waals surface area contributed by atoms with E-state index >= 15 is 0 Å². The Morgan fingerprint density at radius 1 is 1.39 bits per heavy atom. The normalized spacial score (nSPS) is 10.8. The molecule has 18 heavy (non-hydrogen) atoms. The first kappa shape index (κ1) is 13.0. The molecular weight excluding hydrogens is 246 g/mol. The van der Waals surface area contributed by atoms with Crippen LogP contribution in [0.5, 0.6) is 0 Å². The highest BCUT2D eigenvalue weighted by Crippen LogP contribution is 2.25. The molecule has 2 heterocycles. The lowest BCUT2D eigenvalue weighted by Crippen LogP contribution is -2.12. The van der Waals surface area contributed by atoms with E-state index in [1.54, 1.807) is 0 Å². The highest BCUT2D eigenvalue weighted by atomic mass is 32.2. The zero-order valence-corrected chi connectivity index (χ0v) is 11.6. The second-order valence-electron chi connectivity index (χ2n) is 4.05. The topological polar surface area (TPSA) is 66.5 Å². The van der Waals surface area contributed by atoms with Crippen LogP contribution in [-0.2, 0) is 6.54 Å². The Morgan fingerprint density at radius 2 is 2.22 bits per heavy atom. The van der Waals surface area contributed by atoms with E-state index in [1.807, 2.05) is 13.1 Å². The summed E-state index contributed by atoms with van der Waals surface area (Å²) in [6.07, 6.45) is 1.90. The van der Waals surface area contributed by atoms with Crippen molar-refractivity contribution in [1.29, 1.82) is 0 Å². The summed E-state index contributed by atoms with van der Waals surface area (Å²) in [7, 11) is 0. The Labute approximate surface area is 111 Å². The molecule has 0 radical (unpaired) electrons. The first-order chi connectivity index (χ1) is 8.69. The molecule has 6 heteroatoms. The zero-order valence-electron chi connectivity index (χ0n) is 10.8. The molecular formula is C12H17N5S. The van der Waals surface area contributed by atoms with Crippen molar-refractivity contribution in [1.82, 2.24) is 25.5 Å². The Morgan fingerprint density at radius 3 is 2.83 bits per heavy atom. The van der Waals surface area contributed by atoms with E-state index in [-0.39, 0.29) is 0 Å². The molecule has 0 fully saturated rings. The van der Waals surface area contributed by atoms with Gasteiger partial charge in [-0.15, -0.1) is 5.10 Å². The summed E-state index contributed by atoms with van der Waals surface area (Å²) in [5.41, 5.74) is 2.35. The van der Waals surface area contributed by atoms with Crippen molar-refractivity contribution in [3.8, 4) is 0 Å². The van der Waals surface area contributed by atoms with Crippen LogP contribution in [0.1, 0.15) is 23.9 Å². The minimum Gasteiger partial charge on any atom is -0.313 e. The molecule has 0 aromatic carbocycles. The van der Waals surface area contributed by atoms with Crippen molar-refractivity contribution < 1.29 is 0 Å². The molecule has 0 amide bonds. The predicted molar refractivity (Wildman–Crippen MR) is 71.6 cm³/mol. The van der Waals surface area contributed by atoms with Crippen LogP contribution >= 0.6 is 11.8 Å². The highest BCUT2D eigenvalue weighted by Gasteiger charge is 2.07. The van der Waals surface area contributed by atoms with Gasteiger partial charge in [0.1, 0.15) is 10.9 Å². The van der Waals surface area contributed by atoms with Crippen LogP contribution < -0.4 is 5.32 Å². The summed E-state index contributed by atoms with van der Waals surface area (Å²) in [6, 6.07) is 2.15. The van der Waals surface area contributed by atoms with Gasteiger partial charge in [-0.1, -0.05) is 13.0 Å². The number of nitrogens with one attached hydrogen (secondary N) is 2. The Kier molecular flexibility index (Phi) is 4.33. The number of hydrogen-bond acceptors (Lipinski definition) is 5. The summed E-state index contributed by atoms with van der Waals surface area (Å²) in [6.45, 7) is 7.86. The van der Waals surface area contributed by atoms with Crippen LogP contribution in [0, 0.1) is 13.8 Å². The maximum absolute atomic E-state index is 4.46. The average molecular weight is 263 g/mol. The third-order valence-corrected chi connectivity index (χ3v) is 3.42. The first-order valence-electron chi connectivity index (χ1n) is 5.92. The highest BCUT2D eigenvalue weighted by molar-refractivity contribution is 7.99. The number of aromatic amines is 1. The molecule has 0 unspecified atom stereocenters. The number of nitrogens with zero attached hydrogens (tertiary/aromatic N) is 3. The van der Waals surface area contributed by atoms with E-state index in [4.69, 9.17) is 0 Å². The van der Waals surface area contributed by atoms with Crippen LogP contribution in [0.15, 0.2) is 22.4 Å². The number of hydrogen-bond donors (Lipinski definition) is 2. The first-order valence-corrected chi connectivity index (χ1v) is 6.73. The van der Waals surface area contributed by atoms with Gasteiger partial charge < -0.3 is 5.32 Å². The molecule has 2 aromatic rings. The summed E-state index contributed by atoms with van der Waals surface area (Å²) in [5.74, 6) is 0.818. The third-order valence-electron chi connectivity index (χ3n) is 2.43. The van der Waals surface area contributed by atoms with Crippen LogP contribution in [-0.4, -0.2) is 26.7 Å². The quantitative estimate of drug-likeness (QED) is 0.864. The minimum absolute atomic E-state index is 0.711. The van der Waals surface area contributed by atoms with Gasteiger partial charge in [-0.2, -0.15) is 0 Å². The third kappa shape index (κ3) is 3.30. The van der Waals surface area contributed by atoms with E-state index in [0.29, 0.717) is 5.16 Å². The summed E-state index contributed by atoms with van der Waals surface area (Å²) >= 11 is 1.48. The fraction of sp³-hybridized carbons (Fsp3) is 0.417. The molecule has 5 nitrogen and oxygen atoms in total. The van der Waals surface area contributed by atoms with E-state index in [0.717, 1.165) is 29.5 Å². The Bertz CT molecular complexity index is 523. The molecule has 0 saturated heterocycles. The van der Waals surface area contributed by atoms with Crippen molar-refractivity contribution in [3.05, 3.63) is 29.2 Å². The minimum atomic E-state index is 0.711. The van der Waals surface area contributed by atoms with Gasteiger partial charge >= 0.3 is 0 Å². The fourth-order valence-electron chi connectivity index (χ4n) is 1.55. The summed E-state index contributed by atoms with van der Waals surface area (Å²) in [5, 5.41) is 11.9. The number of aromatic nitrogens is 4. The monoisotopic (exact) mass is 263 g/mol. The lowest BCUT2D eigenvalue weighted by molar-refractivity contribution is 0.721. The van der Waals surface area contributed by atoms with Gasteiger partial charge in [0.2, 0.25) is 5.16 Å². The van der Waals surface area contributed by atoms with Crippen LogP contribution in [0.2, 0.25) is 0 Å². The summed E-state index contributed by atoms with van der Waals surface area (Å²) in [4.78, 5) is 8.73. The van der Waals surface area contributed by atoms with E-state index in [2.05, 4.69) is 45.4 Å². The van der Waals surface area contributed by atoms with Gasteiger partial charge in [-0.05, 0) is 43.3 Å². The van der Waals surface area contributed by atoms with Gasteiger partial charge in [-0.25, -0.2) is 9.97 Å². The molecule has 0 aliphatic carbocycles. The standard InChI is InChI=1S/C12H17N5S/c1-4-13-6-10-5-8(2)11(14-7-10)18-12-15-9(3)16-17-12/h5,7,13H,4,6H2,1-3H3,(H,15,16,17). The Hall–Kier alpha value is -1.40. The smallest absolute Gasteiger partial charge is 0.214 e. The van der Waals surface area contributed by atoms with Crippen molar-refractivity contribution >= 4 is 11.8 Å². The van der Waals surface area contributed by atoms with Gasteiger partial charge in [0.15, 0.2) is 0 Å². The van der Waals surface area contributed by atoms with Crippen molar-refractivity contribution in [3.63, 3.8) is 0 Å². The van der Waals surface area contributed by atoms with Crippen LogP contribution in [0.25, 0.3) is 0 Å². The molecule has 96 valence electrons. The summed E-state index contributed by atoms with van der Waals surface area (Å²) < 4.78 is 0. The van der Waals surface area contributed by atoms with Crippen LogP contribution in [0.4, 0.5) is 0 Å². The molecule has 2 rings (SSSR count). The number of aryl methyl sites for hydroxylation is 2. The zero-order chi connectivity index (χ0) is 13.0.